The van der Waals surface area contributed by atoms with Crippen molar-refractivity contribution >= 4 is 52.2 Å². The third-order valence-corrected chi connectivity index (χ3v) is 6.02. The van der Waals surface area contributed by atoms with Gasteiger partial charge in [-0.05, 0) is 78.7 Å². The third kappa shape index (κ3) is 6.43. The van der Waals surface area contributed by atoms with Crippen LogP contribution in [-0.2, 0) is 9.59 Å². The van der Waals surface area contributed by atoms with Crippen molar-refractivity contribution in [2.24, 2.45) is 0 Å². The quantitative estimate of drug-likeness (QED) is 0.296. The van der Waals surface area contributed by atoms with Crippen LogP contribution < -0.4 is 14.8 Å². The number of carbonyl (C=O) groups is 3. The lowest BCUT2D eigenvalue weighted by Gasteiger charge is -2.13. The van der Waals surface area contributed by atoms with Crippen molar-refractivity contribution < 1.29 is 28.2 Å². The van der Waals surface area contributed by atoms with Crippen LogP contribution in [0, 0.1) is 12.7 Å². The number of anilines is 1. The highest BCUT2D eigenvalue weighted by atomic mass is 35.5. The van der Waals surface area contributed by atoms with Gasteiger partial charge in [-0.1, -0.05) is 18.2 Å². The summed E-state index contributed by atoms with van der Waals surface area (Å²) in [5, 5.41) is 1.94. The van der Waals surface area contributed by atoms with Crippen LogP contribution in [-0.4, -0.2) is 45.1 Å². The smallest absolute Gasteiger partial charge is 0.294 e. The predicted octanol–water partition coefficient (Wildman–Crippen LogP) is 5.44. The highest BCUT2D eigenvalue weighted by molar-refractivity contribution is 8.18. The first-order valence-electron chi connectivity index (χ1n) is 11.0. The zero-order chi connectivity index (χ0) is 26.5. The molecule has 2 heterocycles. The van der Waals surface area contributed by atoms with E-state index in [1.54, 1.807) is 37.3 Å². The first-order chi connectivity index (χ1) is 17.7. The minimum Gasteiger partial charge on any atom is -0.490 e. The largest absolute Gasteiger partial charge is 0.490 e. The molecule has 0 aliphatic carbocycles. The molecule has 1 aliphatic heterocycles. The van der Waals surface area contributed by atoms with Crippen molar-refractivity contribution in [3.63, 3.8) is 0 Å². The lowest BCUT2D eigenvalue weighted by Crippen LogP contribution is -2.36. The summed E-state index contributed by atoms with van der Waals surface area (Å²) in [6.45, 7) is 3.50. The molecule has 0 atom stereocenters. The fourth-order valence-electron chi connectivity index (χ4n) is 3.33. The van der Waals surface area contributed by atoms with Crippen molar-refractivity contribution in [2.45, 2.75) is 13.8 Å². The fourth-order valence-corrected chi connectivity index (χ4v) is 4.29. The molecule has 1 aliphatic rings. The van der Waals surface area contributed by atoms with Gasteiger partial charge >= 0.3 is 0 Å². The summed E-state index contributed by atoms with van der Waals surface area (Å²) in [6.07, 6.45) is 2.38. The lowest BCUT2D eigenvalue weighted by molar-refractivity contribution is -0.127. The number of ether oxygens (including phenoxy) is 2. The van der Waals surface area contributed by atoms with Crippen molar-refractivity contribution in [1.29, 1.82) is 0 Å². The Morgan fingerprint density at radius 2 is 2.03 bits per heavy atom. The standard InChI is InChI=1S/C25H20ClFN4O5S/c1-3-35-19-10-15(7-8-18(19)36-22-17(27)12-28-24(26)30-22)11-20-23(33)31(25(34)37-20)13-21(32)29-16-6-4-5-14(2)9-16/h4-12H,3,13H2,1-2H3,(H,29,32)/b20-11+. The number of imide groups is 1. The first kappa shape index (κ1) is 26.1. The van der Waals surface area contributed by atoms with Gasteiger partial charge in [-0.25, -0.2) is 4.98 Å². The monoisotopic (exact) mass is 542 g/mol. The van der Waals surface area contributed by atoms with Gasteiger partial charge in [0.05, 0.1) is 17.7 Å². The molecule has 1 saturated heterocycles. The molecule has 1 aromatic heterocycles. The molecule has 0 spiro atoms. The number of benzene rings is 2. The fraction of sp³-hybridized carbons (Fsp3) is 0.160. The van der Waals surface area contributed by atoms with Crippen LogP contribution >= 0.6 is 23.4 Å². The molecule has 0 saturated carbocycles. The molecular formula is C25H20ClFN4O5S. The number of rotatable bonds is 8. The van der Waals surface area contributed by atoms with E-state index in [0.29, 0.717) is 11.3 Å². The molecule has 190 valence electrons. The molecule has 9 nitrogen and oxygen atoms in total. The van der Waals surface area contributed by atoms with E-state index in [9.17, 15) is 18.8 Å². The number of aryl methyl sites for hydroxylation is 1. The van der Waals surface area contributed by atoms with E-state index >= 15 is 0 Å². The van der Waals surface area contributed by atoms with Crippen LogP contribution in [0.1, 0.15) is 18.1 Å². The SMILES string of the molecule is CCOc1cc(/C=C2/SC(=O)N(CC(=O)Nc3cccc(C)c3)C2=O)ccc1Oc1nc(Cl)ncc1F. The number of hydrogen-bond acceptors (Lipinski definition) is 8. The second kappa shape index (κ2) is 11.4. The van der Waals surface area contributed by atoms with Crippen LogP contribution in [0.25, 0.3) is 6.08 Å². The zero-order valence-corrected chi connectivity index (χ0v) is 21.2. The van der Waals surface area contributed by atoms with E-state index in [1.165, 1.54) is 12.1 Å². The van der Waals surface area contributed by atoms with Gasteiger partial charge < -0.3 is 14.8 Å². The number of carbonyl (C=O) groups excluding carboxylic acids is 3. The molecule has 1 fully saturated rings. The van der Waals surface area contributed by atoms with Gasteiger partial charge in [0.2, 0.25) is 17.0 Å². The molecule has 2 aromatic carbocycles. The summed E-state index contributed by atoms with van der Waals surface area (Å²) in [5.74, 6) is -1.86. The molecule has 0 bridgehead atoms. The second-order valence-electron chi connectivity index (χ2n) is 7.72. The van der Waals surface area contributed by atoms with Crippen molar-refractivity contribution in [3.8, 4) is 17.4 Å². The maximum Gasteiger partial charge on any atom is 0.294 e. The van der Waals surface area contributed by atoms with Gasteiger partial charge in [0.25, 0.3) is 17.0 Å². The van der Waals surface area contributed by atoms with Crippen LogP contribution in [0.15, 0.2) is 53.6 Å². The molecule has 3 aromatic rings. The number of amides is 3. The molecule has 0 unspecified atom stereocenters. The summed E-state index contributed by atoms with van der Waals surface area (Å²) >= 11 is 6.44. The van der Waals surface area contributed by atoms with E-state index in [0.717, 1.165) is 28.4 Å². The summed E-state index contributed by atoms with van der Waals surface area (Å²) in [5.41, 5.74) is 2.05. The predicted molar refractivity (Wildman–Crippen MR) is 137 cm³/mol. The average Bonchev–Trinajstić information content (AvgIpc) is 3.10. The third-order valence-electron chi connectivity index (χ3n) is 4.93. The van der Waals surface area contributed by atoms with E-state index < -0.39 is 29.4 Å². The molecule has 0 radical (unpaired) electrons. The Hall–Kier alpha value is -3.96. The minimum atomic E-state index is -0.809. The van der Waals surface area contributed by atoms with E-state index in [1.807, 2.05) is 13.0 Å². The van der Waals surface area contributed by atoms with Crippen molar-refractivity contribution in [3.05, 3.63) is 75.8 Å². The Morgan fingerprint density at radius 3 is 2.78 bits per heavy atom. The lowest BCUT2D eigenvalue weighted by atomic mass is 10.2. The summed E-state index contributed by atoms with van der Waals surface area (Å²) in [4.78, 5) is 46.0. The molecule has 3 amide bonds. The number of nitrogens with zero attached hydrogens (tertiary/aromatic N) is 3. The molecule has 12 heteroatoms. The van der Waals surface area contributed by atoms with E-state index in [4.69, 9.17) is 21.1 Å². The van der Waals surface area contributed by atoms with E-state index in [-0.39, 0.29) is 34.2 Å². The summed E-state index contributed by atoms with van der Waals surface area (Å²) < 4.78 is 25.1. The van der Waals surface area contributed by atoms with Crippen LogP contribution in [0.2, 0.25) is 5.28 Å². The Bertz CT molecular complexity index is 1420. The van der Waals surface area contributed by atoms with Crippen molar-refractivity contribution in [2.75, 3.05) is 18.5 Å². The summed E-state index contributed by atoms with van der Waals surface area (Å²) in [7, 11) is 0. The Kier molecular flexibility index (Phi) is 8.04. The normalized spacial score (nSPS) is 14.3. The molecule has 1 N–H and O–H groups in total. The van der Waals surface area contributed by atoms with Crippen LogP contribution in [0.3, 0.4) is 0 Å². The Morgan fingerprint density at radius 1 is 1.22 bits per heavy atom. The number of hydrogen-bond donors (Lipinski definition) is 1. The van der Waals surface area contributed by atoms with E-state index in [2.05, 4.69) is 15.3 Å². The average molecular weight is 543 g/mol. The van der Waals surface area contributed by atoms with Crippen LogP contribution in [0.4, 0.5) is 14.9 Å². The topological polar surface area (TPSA) is 111 Å². The number of nitrogens with one attached hydrogen (secondary N) is 1. The van der Waals surface area contributed by atoms with Gasteiger partial charge in [-0.2, -0.15) is 9.37 Å². The Labute approximate surface area is 220 Å². The number of thioether (sulfide) groups is 1. The summed E-state index contributed by atoms with van der Waals surface area (Å²) in [6, 6.07) is 11.8. The maximum atomic E-state index is 14.0. The second-order valence-corrected chi connectivity index (χ2v) is 9.05. The molecular weight excluding hydrogens is 523 g/mol. The van der Waals surface area contributed by atoms with Gasteiger partial charge in [0.15, 0.2) is 11.5 Å². The van der Waals surface area contributed by atoms with Gasteiger partial charge in [-0.15, -0.1) is 0 Å². The maximum absolute atomic E-state index is 14.0. The number of halogens is 2. The molecule has 4 rings (SSSR count). The number of aromatic nitrogens is 2. The van der Waals surface area contributed by atoms with Crippen LogP contribution in [0.5, 0.6) is 17.4 Å². The van der Waals surface area contributed by atoms with Gasteiger partial charge in [-0.3, -0.25) is 19.3 Å². The van der Waals surface area contributed by atoms with Gasteiger partial charge in [0.1, 0.15) is 6.54 Å². The minimum absolute atomic E-state index is 0.137. The molecule has 37 heavy (non-hydrogen) atoms. The first-order valence-corrected chi connectivity index (χ1v) is 12.2. The zero-order valence-electron chi connectivity index (χ0n) is 19.7. The van der Waals surface area contributed by atoms with Crippen molar-refractivity contribution in [1.82, 2.24) is 14.9 Å². The Balaban J connectivity index is 1.50. The highest BCUT2D eigenvalue weighted by Crippen LogP contribution is 2.36. The van der Waals surface area contributed by atoms with Gasteiger partial charge in [0, 0.05) is 5.69 Å². The highest BCUT2D eigenvalue weighted by Gasteiger charge is 2.36.